The first-order valence-electron chi connectivity index (χ1n) is 8.02. The lowest BCUT2D eigenvalue weighted by atomic mass is 10.1. The van der Waals surface area contributed by atoms with Gasteiger partial charge in [0.2, 0.25) is 10.0 Å². The van der Waals surface area contributed by atoms with Crippen molar-refractivity contribution >= 4 is 15.9 Å². The van der Waals surface area contributed by atoms with Gasteiger partial charge in [-0.2, -0.15) is 4.31 Å². The molecule has 5 nitrogen and oxygen atoms in total. The summed E-state index contributed by atoms with van der Waals surface area (Å²) >= 11 is 0. The van der Waals surface area contributed by atoms with Crippen LogP contribution in [0.5, 0.6) is 0 Å². The summed E-state index contributed by atoms with van der Waals surface area (Å²) in [5, 5.41) is 2.70. The summed E-state index contributed by atoms with van der Waals surface area (Å²) in [6.45, 7) is 6.37. The lowest BCUT2D eigenvalue weighted by Gasteiger charge is -2.20. The molecule has 0 saturated carbocycles. The van der Waals surface area contributed by atoms with Crippen LogP contribution in [0.3, 0.4) is 0 Å². The maximum atomic E-state index is 12.7. The summed E-state index contributed by atoms with van der Waals surface area (Å²) in [5.74, 6) is -0.185. The topological polar surface area (TPSA) is 66.5 Å². The molecule has 6 heteroatoms. The van der Waals surface area contributed by atoms with Gasteiger partial charge in [-0.1, -0.05) is 43.3 Å². The van der Waals surface area contributed by atoms with Crippen molar-refractivity contribution in [2.75, 3.05) is 13.1 Å². The minimum absolute atomic E-state index is 0.185. The Balaban J connectivity index is 2.14. The molecule has 25 heavy (non-hydrogen) atoms. The predicted molar refractivity (Wildman–Crippen MR) is 98.7 cm³/mol. The average molecular weight is 358 g/mol. The molecule has 0 atom stereocenters. The van der Waals surface area contributed by atoms with Crippen molar-refractivity contribution in [3.63, 3.8) is 0 Å². The molecule has 0 spiro atoms. The average Bonchev–Trinajstić information content (AvgIpc) is 2.65. The fourth-order valence-corrected chi connectivity index (χ4v) is 3.80. The van der Waals surface area contributed by atoms with Crippen molar-refractivity contribution in [3.8, 4) is 0 Å². The number of hydrogen-bond acceptors (Lipinski definition) is 3. The summed E-state index contributed by atoms with van der Waals surface area (Å²) in [4.78, 5) is 12.1. The van der Waals surface area contributed by atoms with E-state index in [1.165, 1.54) is 4.31 Å². The predicted octanol–water partition coefficient (Wildman–Crippen LogP) is 2.81. The van der Waals surface area contributed by atoms with Crippen LogP contribution in [-0.2, 0) is 16.6 Å². The molecule has 1 amide bonds. The van der Waals surface area contributed by atoms with Crippen LogP contribution in [0.15, 0.2) is 72.1 Å². The summed E-state index contributed by atoms with van der Waals surface area (Å²) in [7, 11) is -3.54. The molecule has 2 rings (SSSR count). The normalized spacial score (nSPS) is 11.3. The van der Waals surface area contributed by atoms with E-state index in [-0.39, 0.29) is 17.3 Å². The number of hydrogen-bond donors (Lipinski definition) is 1. The molecular weight excluding hydrogens is 336 g/mol. The van der Waals surface area contributed by atoms with E-state index < -0.39 is 10.0 Å². The zero-order chi connectivity index (χ0) is 18.3. The van der Waals surface area contributed by atoms with Crippen molar-refractivity contribution < 1.29 is 13.2 Å². The van der Waals surface area contributed by atoms with Crippen LogP contribution in [0, 0.1) is 0 Å². The van der Waals surface area contributed by atoms with Crippen LogP contribution in [0.1, 0.15) is 22.8 Å². The summed E-state index contributed by atoms with van der Waals surface area (Å²) < 4.78 is 26.8. The Hall–Kier alpha value is -2.44. The minimum Gasteiger partial charge on any atom is -0.349 e. The van der Waals surface area contributed by atoms with E-state index in [0.29, 0.717) is 18.7 Å². The Kier molecular flexibility index (Phi) is 6.50. The van der Waals surface area contributed by atoms with Gasteiger partial charge < -0.3 is 5.32 Å². The lowest BCUT2D eigenvalue weighted by molar-refractivity contribution is 0.0958. The second kappa shape index (κ2) is 8.60. The molecule has 0 bridgehead atoms. The van der Waals surface area contributed by atoms with Gasteiger partial charge >= 0.3 is 0 Å². The van der Waals surface area contributed by atoms with Crippen molar-refractivity contribution in [1.29, 1.82) is 0 Å². The number of benzene rings is 2. The first kappa shape index (κ1) is 18.9. The second-order valence-electron chi connectivity index (χ2n) is 5.44. The third-order valence-corrected chi connectivity index (χ3v) is 5.65. The van der Waals surface area contributed by atoms with Crippen molar-refractivity contribution in [3.05, 3.63) is 78.4 Å². The highest BCUT2D eigenvalue weighted by molar-refractivity contribution is 7.89. The number of rotatable bonds is 8. The Morgan fingerprint density at radius 1 is 1.12 bits per heavy atom. The molecule has 0 saturated heterocycles. The monoisotopic (exact) mass is 358 g/mol. The molecule has 0 unspecified atom stereocenters. The molecule has 0 heterocycles. The van der Waals surface area contributed by atoms with Crippen molar-refractivity contribution in [1.82, 2.24) is 9.62 Å². The zero-order valence-electron chi connectivity index (χ0n) is 14.2. The number of carbonyl (C=O) groups is 1. The van der Waals surface area contributed by atoms with E-state index >= 15 is 0 Å². The van der Waals surface area contributed by atoms with E-state index in [4.69, 9.17) is 0 Å². The maximum absolute atomic E-state index is 12.7. The van der Waals surface area contributed by atoms with Gasteiger partial charge in [-0.15, -0.1) is 6.58 Å². The fourth-order valence-electron chi connectivity index (χ4n) is 2.34. The van der Waals surface area contributed by atoms with E-state index in [9.17, 15) is 13.2 Å². The van der Waals surface area contributed by atoms with Gasteiger partial charge in [0.15, 0.2) is 0 Å². The fraction of sp³-hybridized carbons (Fsp3) is 0.211. The SMILES string of the molecule is C=CCNC(=O)c1ccc(CN(CC)S(=O)(=O)c2ccccc2)cc1. The van der Waals surface area contributed by atoms with Gasteiger partial charge in [-0.05, 0) is 29.8 Å². The molecule has 0 fully saturated rings. The van der Waals surface area contributed by atoms with E-state index in [1.54, 1.807) is 67.6 Å². The van der Waals surface area contributed by atoms with Crippen molar-refractivity contribution in [2.24, 2.45) is 0 Å². The number of nitrogens with one attached hydrogen (secondary N) is 1. The molecule has 0 aliphatic carbocycles. The molecular formula is C19H22N2O3S. The van der Waals surface area contributed by atoms with Crippen LogP contribution < -0.4 is 5.32 Å². The highest BCUT2D eigenvalue weighted by Crippen LogP contribution is 2.18. The quantitative estimate of drug-likeness (QED) is 0.738. The highest BCUT2D eigenvalue weighted by atomic mass is 32.2. The Labute approximate surface area is 149 Å². The summed E-state index contributed by atoms with van der Waals surface area (Å²) in [6, 6.07) is 15.3. The molecule has 0 radical (unpaired) electrons. The van der Waals surface area contributed by atoms with E-state index in [2.05, 4.69) is 11.9 Å². The Morgan fingerprint density at radius 2 is 1.76 bits per heavy atom. The molecule has 0 aliphatic rings. The maximum Gasteiger partial charge on any atom is 0.251 e. The van der Waals surface area contributed by atoms with Gasteiger partial charge in [0.05, 0.1) is 4.90 Å². The van der Waals surface area contributed by atoms with Crippen LogP contribution >= 0.6 is 0 Å². The van der Waals surface area contributed by atoms with Gasteiger partial charge in [-0.3, -0.25) is 4.79 Å². The highest BCUT2D eigenvalue weighted by Gasteiger charge is 2.22. The first-order chi connectivity index (χ1) is 12.0. The first-order valence-corrected chi connectivity index (χ1v) is 9.46. The van der Waals surface area contributed by atoms with Crippen LogP contribution in [0.2, 0.25) is 0 Å². The standard InChI is InChI=1S/C19H22N2O3S/c1-3-14-20-19(22)17-12-10-16(11-13-17)15-21(4-2)25(23,24)18-8-6-5-7-9-18/h3,5-13H,1,4,14-15H2,2H3,(H,20,22). The number of sulfonamides is 1. The molecule has 2 aromatic rings. The van der Waals surface area contributed by atoms with Gasteiger partial charge in [0.1, 0.15) is 0 Å². The summed E-state index contributed by atoms with van der Waals surface area (Å²) in [5.41, 5.74) is 1.35. The minimum atomic E-state index is -3.54. The third kappa shape index (κ3) is 4.78. The van der Waals surface area contributed by atoms with Gasteiger partial charge in [-0.25, -0.2) is 8.42 Å². The molecule has 132 valence electrons. The Bertz CT molecular complexity index is 816. The van der Waals surface area contributed by atoms with Crippen LogP contribution in [-0.4, -0.2) is 31.7 Å². The Morgan fingerprint density at radius 3 is 2.32 bits per heavy atom. The number of nitrogens with zero attached hydrogens (tertiary/aromatic N) is 1. The van der Waals surface area contributed by atoms with E-state index in [0.717, 1.165) is 5.56 Å². The molecule has 2 aromatic carbocycles. The van der Waals surface area contributed by atoms with Crippen LogP contribution in [0.25, 0.3) is 0 Å². The van der Waals surface area contributed by atoms with Crippen LogP contribution in [0.4, 0.5) is 0 Å². The van der Waals surface area contributed by atoms with E-state index in [1.807, 2.05) is 0 Å². The smallest absolute Gasteiger partial charge is 0.251 e. The molecule has 0 aliphatic heterocycles. The second-order valence-corrected chi connectivity index (χ2v) is 7.38. The molecule has 0 aromatic heterocycles. The molecule has 1 N–H and O–H groups in total. The summed E-state index contributed by atoms with van der Waals surface area (Å²) in [6.07, 6.45) is 1.61. The zero-order valence-corrected chi connectivity index (χ0v) is 15.0. The number of amides is 1. The van der Waals surface area contributed by atoms with Gasteiger partial charge in [0, 0.05) is 25.2 Å². The number of carbonyl (C=O) groups excluding carboxylic acids is 1. The third-order valence-electron chi connectivity index (χ3n) is 3.72. The lowest BCUT2D eigenvalue weighted by Crippen LogP contribution is -2.30. The van der Waals surface area contributed by atoms with Crippen molar-refractivity contribution in [2.45, 2.75) is 18.4 Å². The largest absolute Gasteiger partial charge is 0.349 e. The van der Waals surface area contributed by atoms with Gasteiger partial charge in [0.25, 0.3) is 5.91 Å².